The first kappa shape index (κ1) is 13.1. The summed E-state index contributed by atoms with van der Waals surface area (Å²) in [5, 5.41) is 39.1. The molecule has 9 nitrogen and oxygen atoms in total. The van der Waals surface area contributed by atoms with Gasteiger partial charge in [0.25, 0.3) is 5.82 Å². The van der Waals surface area contributed by atoms with Crippen molar-refractivity contribution in [1.29, 1.82) is 0 Å². The van der Waals surface area contributed by atoms with E-state index in [0.29, 0.717) is 4.74 Å². The molecule has 0 aliphatic carbocycles. The van der Waals surface area contributed by atoms with E-state index >= 15 is 0 Å². The molecule has 1 aromatic rings. The molecule has 0 spiro atoms. The summed E-state index contributed by atoms with van der Waals surface area (Å²) in [6.07, 6.45) is 2.03. The van der Waals surface area contributed by atoms with E-state index in [-0.39, 0.29) is 37.9 Å². The molecule has 0 saturated heterocycles. The molecule has 0 radical (unpaired) electrons. The average molecular weight is 244 g/mol. The first-order valence-electron chi connectivity index (χ1n) is 4.80. The van der Waals surface area contributed by atoms with Gasteiger partial charge in [-0.1, -0.05) is 0 Å². The average Bonchev–Trinajstić information content (AvgIpc) is 2.63. The van der Waals surface area contributed by atoms with Crippen LogP contribution in [0.25, 0.3) is 0 Å². The highest BCUT2D eigenvalue weighted by Crippen LogP contribution is 2.12. The minimum absolute atomic E-state index is 0.0326. The fourth-order valence-electron chi connectivity index (χ4n) is 1.25. The van der Waals surface area contributed by atoms with Crippen LogP contribution < -0.4 is 0 Å². The maximum atomic E-state index is 11.2. The van der Waals surface area contributed by atoms with Crippen LogP contribution in [0.1, 0.15) is 5.82 Å². The molecule has 0 saturated carbocycles. The van der Waals surface area contributed by atoms with Gasteiger partial charge in [0.1, 0.15) is 19.3 Å². The zero-order chi connectivity index (χ0) is 12.8. The van der Waals surface area contributed by atoms with Crippen molar-refractivity contribution in [2.24, 2.45) is 0 Å². The molecule has 2 N–H and O–H groups in total. The van der Waals surface area contributed by atoms with E-state index in [1.807, 2.05) is 0 Å². The Morgan fingerprint density at radius 2 is 2.12 bits per heavy atom. The van der Waals surface area contributed by atoms with Crippen molar-refractivity contribution in [3.8, 4) is 0 Å². The highest BCUT2D eigenvalue weighted by atomic mass is 16.6. The molecule has 0 fully saturated rings. The Morgan fingerprint density at radius 1 is 1.41 bits per heavy atom. The van der Waals surface area contributed by atoms with Crippen LogP contribution in [0.5, 0.6) is 0 Å². The monoisotopic (exact) mass is 244 g/mol. The van der Waals surface area contributed by atoms with Crippen molar-refractivity contribution < 1.29 is 19.9 Å². The van der Waals surface area contributed by atoms with Gasteiger partial charge < -0.3 is 25.5 Å². The molecule has 0 aromatic carbocycles. The number of hydrogen-bond acceptors (Lipinski definition) is 6. The summed E-state index contributed by atoms with van der Waals surface area (Å²) in [5.74, 6) is -0.239. The van der Waals surface area contributed by atoms with Crippen molar-refractivity contribution in [1.82, 2.24) is 9.55 Å². The predicted octanol–water partition coefficient (Wildman–Crippen LogP) is -1.29. The number of nitrogens with zero attached hydrogens (tertiary/aromatic N) is 4. The lowest BCUT2D eigenvalue weighted by Gasteiger charge is -2.01. The molecule has 0 unspecified atom stereocenters. The second-order valence-electron chi connectivity index (χ2n) is 3.10. The van der Waals surface area contributed by atoms with Gasteiger partial charge in [-0.05, 0) is 4.92 Å². The third kappa shape index (κ3) is 3.23. The second kappa shape index (κ2) is 5.92. The van der Waals surface area contributed by atoms with E-state index in [0.717, 1.165) is 17.0 Å². The Balaban J connectivity index is 3.07. The third-order valence-electron chi connectivity index (χ3n) is 1.96. The predicted molar refractivity (Wildman–Crippen MR) is 56.7 cm³/mol. The molecule has 1 rings (SSSR count). The van der Waals surface area contributed by atoms with Crippen molar-refractivity contribution in [3.05, 3.63) is 27.3 Å². The first-order chi connectivity index (χ1) is 8.10. The minimum Gasteiger partial charge on any atom is -0.624 e. The standard InChI is InChI=1S/C8H12N4O5/c13-3-1-10(15)6-7-9-5-8(12(16)17)11(7)2-4-14/h5-6,13-14H,1-4H2/b10-6+. The van der Waals surface area contributed by atoms with Crippen LogP contribution in [0.15, 0.2) is 6.20 Å². The lowest BCUT2D eigenvalue weighted by Crippen LogP contribution is -2.16. The molecule has 17 heavy (non-hydrogen) atoms. The van der Waals surface area contributed by atoms with Crippen LogP contribution >= 0.6 is 0 Å². The fraction of sp³-hybridized carbons (Fsp3) is 0.500. The summed E-state index contributed by atoms with van der Waals surface area (Å²) in [6, 6.07) is 0. The van der Waals surface area contributed by atoms with E-state index in [9.17, 15) is 15.3 Å². The van der Waals surface area contributed by atoms with Gasteiger partial charge >= 0.3 is 5.82 Å². The quantitative estimate of drug-likeness (QED) is 0.210. The van der Waals surface area contributed by atoms with Crippen LogP contribution in [0, 0.1) is 15.3 Å². The summed E-state index contributed by atoms with van der Waals surface area (Å²) in [6.45, 7) is -0.825. The molecule has 0 bridgehead atoms. The Labute approximate surface area is 96.0 Å². The van der Waals surface area contributed by atoms with E-state index in [4.69, 9.17) is 10.2 Å². The van der Waals surface area contributed by atoms with Crippen LogP contribution in [-0.2, 0) is 6.54 Å². The van der Waals surface area contributed by atoms with Crippen molar-refractivity contribution in [3.63, 3.8) is 0 Å². The lowest BCUT2D eigenvalue weighted by molar-refractivity contribution is -0.455. The maximum Gasteiger partial charge on any atom is 0.343 e. The number of aliphatic hydroxyl groups is 2. The molecule has 0 aliphatic heterocycles. The van der Waals surface area contributed by atoms with Gasteiger partial charge in [0.15, 0.2) is 6.54 Å². The smallest absolute Gasteiger partial charge is 0.343 e. The highest BCUT2D eigenvalue weighted by Gasteiger charge is 2.20. The van der Waals surface area contributed by atoms with Crippen LogP contribution in [-0.4, -0.2) is 55.4 Å². The van der Waals surface area contributed by atoms with E-state index in [1.165, 1.54) is 0 Å². The molecule has 1 aromatic heterocycles. The largest absolute Gasteiger partial charge is 0.624 e. The second-order valence-corrected chi connectivity index (χ2v) is 3.10. The molecule has 9 heteroatoms. The molecular formula is C8H12N4O5. The molecule has 0 amide bonds. The summed E-state index contributed by atoms with van der Waals surface area (Å²) >= 11 is 0. The van der Waals surface area contributed by atoms with Gasteiger partial charge in [-0.3, -0.25) is 0 Å². The summed E-state index contributed by atoms with van der Waals surface area (Å²) < 4.78 is 1.53. The minimum atomic E-state index is -0.652. The molecule has 94 valence electrons. The van der Waals surface area contributed by atoms with E-state index in [1.54, 1.807) is 0 Å². The van der Waals surface area contributed by atoms with Gasteiger partial charge in [-0.15, -0.1) is 0 Å². The van der Waals surface area contributed by atoms with Gasteiger partial charge in [0, 0.05) is 0 Å². The Hall–Kier alpha value is -2.00. The van der Waals surface area contributed by atoms with Crippen LogP contribution in [0.4, 0.5) is 5.82 Å². The summed E-state index contributed by atoms with van der Waals surface area (Å²) in [4.78, 5) is 13.7. The Morgan fingerprint density at radius 3 is 2.65 bits per heavy atom. The first-order valence-corrected chi connectivity index (χ1v) is 4.80. The normalized spacial score (nSPS) is 11.8. The van der Waals surface area contributed by atoms with Crippen LogP contribution in [0.3, 0.4) is 0 Å². The number of nitro groups is 1. The Kier molecular flexibility index (Phi) is 4.55. The fourth-order valence-corrected chi connectivity index (χ4v) is 1.25. The zero-order valence-corrected chi connectivity index (χ0v) is 8.89. The van der Waals surface area contributed by atoms with E-state index < -0.39 is 4.92 Å². The third-order valence-corrected chi connectivity index (χ3v) is 1.96. The summed E-state index contributed by atoms with van der Waals surface area (Å²) in [7, 11) is 0. The van der Waals surface area contributed by atoms with Crippen molar-refractivity contribution in [2.75, 3.05) is 19.8 Å². The number of aliphatic hydroxyl groups excluding tert-OH is 2. The molecule has 0 atom stereocenters. The Bertz CT molecular complexity index is 428. The van der Waals surface area contributed by atoms with Crippen LogP contribution in [0.2, 0.25) is 0 Å². The highest BCUT2D eigenvalue weighted by molar-refractivity contribution is 5.71. The SMILES string of the molecule is O=[N+]([O-])c1cnc(/C=[N+](/[O-])CCO)n1CCO. The number of hydroxylamine groups is 1. The van der Waals surface area contributed by atoms with Crippen molar-refractivity contribution in [2.45, 2.75) is 6.54 Å². The zero-order valence-electron chi connectivity index (χ0n) is 8.89. The molecular weight excluding hydrogens is 232 g/mol. The van der Waals surface area contributed by atoms with Gasteiger partial charge in [-0.25, -0.2) is 9.72 Å². The summed E-state index contributed by atoms with van der Waals surface area (Å²) in [5.41, 5.74) is 0. The van der Waals surface area contributed by atoms with Crippen molar-refractivity contribution >= 4 is 12.0 Å². The van der Waals surface area contributed by atoms with E-state index in [2.05, 4.69) is 4.98 Å². The topological polar surface area (TPSA) is 127 Å². The molecule has 0 aliphatic rings. The number of aromatic nitrogens is 2. The number of hydrogen-bond donors (Lipinski definition) is 2. The lowest BCUT2D eigenvalue weighted by atomic mass is 10.5. The number of rotatable bonds is 6. The van der Waals surface area contributed by atoms with Gasteiger partial charge in [0.05, 0.1) is 6.61 Å². The maximum absolute atomic E-state index is 11.2. The molecule has 1 heterocycles. The van der Waals surface area contributed by atoms with Gasteiger partial charge in [-0.2, -0.15) is 4.57 Å². The van der Waals surface area contributed by atoms with Gasteiger partial charge in [0.2, 0.25) is 6.21 Å². The number of imidazole rings is 1.